The van der Waals surface area contributed by atoms with Crippen LogP contribution in [-0.2, 0) is 0 Å². The molecule has 0 heterocycles. The van der Waals surface area contributed by atoms with Crippen LogP contribution in [0.2, 0.25) is 10.0 Å². The Hall–Kier alpha value is -0.240. The molecule has 4 unspecified atom stereocenters. The first-order valence-corrected chi connectivity index (χ1v) is 7.45. The highest BCUT2D eigenvalue weighted by Crippen LogP contribution is 2.39. The second kappa shape index (κ2) is 5.81. The van der Waals surface area contributed by atoms with E-state index in [1.807, 2.05) is 18.2 Å². The zero-order valence-corrected chi connectivity index (χ0v) is 12.5. The van der Waals surface area contributed by atoms with Crippen molar-refractivity contribution in [2.45, 2.75) is 39.2 Å². The van der Waals surface area contributed by atoms with Crippen molar-refractivity contribution in [1.29, 1.82) is 0 Å². The van der Waals surface area contributed by atoms with Crippen molar-refractivity contribution < 1.29 is 0 Å². The average molecular weight is 286 g/mol. The van der Waals surface area contributed by atoms with E-state index in [0.717, 1.165) is 17.4 Å². The summed E-state index contributed by atoms with van der Waals surface area (Å²) in [6.07, 6.45) is 3.70. The molecule has 2 N–H and O–H groups in total. The van der Waals surface area contributed by atoms with Crippen LogP contribution in [0.1, 0.15) is 44.7 Å². The monoisotopic (exact) mass is 285 g/mol. The van der Waals surface area contributed by atoms with Gasteiger partial charge in [-0.05, 0) is 48.3 Å². The van der Waals surface area contributed by atoms with Crippen molar-refractivity contribution in [1.82, 2.24) is 0 Å². The number of nitrogens with two attached hydrogens (primary N) is 1. The quantitative estimate of drug-likeness (QED) is 0.807. The van der Waals surface area contributed by atoms with Gasteiger partial charge in [-0.2, -0.15) is 0 Å². The summed E-state index contributed by atoms with van der Waals surface area (Å²) in [5, 5.41) is 1.19. The smallest absolute Gasteiger partial charge is 0.0595 e. The molecule has 1 fully saturated rings. The van der Waals surface area contributed by atoms with Gasteiger partial charge in [0.1, 0.15) is 0 Å². The third kappa shape index (κ3) is 3.01. The van der Waals surface area contributed by atoms with E-state index in [1.54, 1.807) is 0 Å². The van der Waals surface area contributed by atoms with Crippen molar-refractivity contribution in [2.75, 3.05) is 0 Å². The summed E-state index contributed by atoms with van der Waals surface area (Å²) in [6, 6.07) is 5.84. The minimum atomic E-state index is 0.0784. The molecule has 0 amide bonds. The van der Waals surface area contributed by atoms with E-state index in [4.69, 9.17) is 28.9 Å². The summed E-state index contributed by atoms with van der Waals surface area (Å²) < 4.78 is 0. The van der Waals surface area contributed by atoms with E-state index < -0.39 is 0 Å². The van der Waals surface area contributed by atoms with E-state index in [9.17, 15) is 0 Å². The number of hydrogen-bond donors (Lipinski definition) is 1. The van der Waals surface area contributed by atoms with Crippen molar-refractivity contribution in [3.05, 3.63) is 33.8 Å². The minimum absolute atomic E-state index is 0.0784. The van der Waals surface area contributed by atoms with E-state index in [1.165, 1.54) is 19.3 Å². The van der Waals surface area contributed by atoms with Crippen molar-refractivity contribution in [2.24, 2.45) is 23.5 Å². The Bertz CT molecular complexity index is 419. The Morgan fingerprint density at radius 3 is 2.44 bits per heavy atom. The van der Waals surface area contributed by atoms with Crippen LogP contribution in [0.25, 0.3) is 0 Å². The van der Waals surface area contributed by atoms with Gasteiger partial charge in [0.05, 0.1) is 10.0 Å². The Labute approximate surface area is 120 Å². The summed E-state index contributed by atoms with van der Waals surface area (Å²) >= 11 is 12.0. The molecule has 0 bridgehead atoms. The number of hydrogen-bond acceptors (Lipinski definition) is 1. The van der Waals surface area contributed by atoms with Gasteiger partial charge in [-0.3, -0.25) is 0 Å². The summed E-state index contributed by atoms with van der Waals surface area (Å²) in [4.78, 5) is 0. The van der Waals surface area contributed by atoms with Gasteiger partial charge in [0.15, 0.2) is 0 Å². The summed E-state index contributed by atoms with van der Waals surface area (Å²) in [5.41, 5.74) is 7.50. The van der Waals surface area contributed by atoms with Crippen LogP contribution < -0.4 is 5.73 Å². The maximum atomic E-state index is 6.39. The third-order valence-electron chi connectivity index (χ3n) is 4.48. The number of halogens is 2. The number of rotatable bonds is 2. The molecular formula is C15H21Cl2N. The van der Waals surface area contributed by atoms with Crippen molar-refractivity contribution in [3.8, 4) is 0 Å². The summed E-state index contributed by atoms with van der Waals surface area (Å²) in [7, 11) is 0. The molecule has 4 atom stereocenters. The fourth-order valence-corrected chi connectivity index (χ4v) is 3.21. The van der Waals surface area contributed by atoms with Crippen molar-refractivity contribution in [3.63, 3.8) is 0 Å². The van der Waals surface area contributed by atoms with Gasteiger partial charge >= 0.3 is 0 Å². The normalized spacial score (nSPS) is 30.2. The van der Waals surface area contributed by atoms with Crippen LogP contribution in [0.3, 0.4) is 0 Å². The Kier molecular flexibility index (Phi) is 4.58. The molecule has 0 aromatic heterocycles. The lowest BCUT2D eigenvalue weighted by molar-refractivity contribution is 0.186. The second-order valence-electron chi connectivity index (χ2n) is 5.73. The van der Waals surface area contributed by atoms with Crippen LogP contribution >= 0.6 is 23.2 Å². The lowest BCUT2D eigenvalue weighted by atomic mass is 9.72. The first-order chi connectivity index (χ1) is 8.49. The molecule has 0 spiro atoms. The molecule has 1 aromatic carbocycles. The van der Waals surface area contributed by atoms with Gasteiger partial charge in [0, 0.05) is 6.04 Å². The minimum Gasteiger partial charge on any atom is -0.324 e. The first kappa shape index (κ1) is 14.2. The summed E-state index contributed by atoms with van der Waals surface area (Å²) in [6.45, 7) is 4.67. The standard InChI is InChI=1S/C15H21Cl2N/c1-9-3-4-11(7-10(9)2)15(18)12-5-6-13(16)14(17)8-12/h5-6,8-11,15H,3-4,7,18H2,1-2H3. The van der Waals surface area contributed by atoms with E-state index in [0.29, 0.717) is 16.0 Å². The van der Waals surface area contributed by atoms with Crippen LogP contribution in [0.5, 0.6) is 0 Å². The maximum absolute atomic E-state index is 6.39. The molecule has 1 nitrogen and oxygen atoms in total. The fourth-order valence-electron chi connectivity index (χ4n) is 2.91. The van der Waals surface area contributed by atoms with Gasteiger partial charge in [-0.25, -0.2) is 0 Å². The lowest BCUT2D eigenvalue weighted by Gasteiger charge is -2.35. The SMILES string of the molecule is CC1CCC(C(N)c2ccc(Cl)c(Cl)c2)CC1C. The Morgan fingerprint density at radius 1 is 1.11 bits per heavy atom. The Balaban J connectivity index is 2.11. The predicted molar refractivity (Wildman–Crippen MR) is 79.1 cm³/mol. The van der Waals surface area contributed by atoms with Gasteiger partial charge in [0.2, 0.25) is 0 Å². The van der Waals surface area contributed by atoms with Crippen LogP contribution in [0.4, 0.5) is 0 Å². The van der Waals surface area contributed by atoms with Gasteiger partial charge < -0.3 is 5.73 Å². The molecule has 0 saturated heterocycles. The van der Waals surface area contributed by atoms with Crippen LogP contribution in [0.15, 0.2) is 18.2 Å². The maximum Gasteiger partial charge on any atom is 0.0595 e. The van der Waals surface area contributed by atoms with E-state index in [2.05, 4.69) is 13.8 Å². The highest BCUT2D eigenvalue weighted by molar-refractivity contribution is 6.42. The second-order valence-corrected chi connectivity index (χ2v) is 6.54. The zero-order chi connectivity index (χ0) is 13.3. The van der Waals surface area contributed by atoms with E-state index in [-0.39, 0.29) is 6.04 Å². The van der Waals surface area contributed by atoms with Gasteiger partial charge in [0.25, 0.3) is 0 Å². The topological polar surface area (TPSA) is 26.0 Å². The largest absolute Gasteiger partial charge is 0.324 e. The molecule has 1 saturated carbocycles. The van der Waals surface area contributed by atoms with Crippen LogP contribution in [-0.4, -0.2) is 0 Å². The molecule has 1 aliphatic carbocycles. The third-order valence-corrected chi connectivity index (χ3v) is 5.21. The molecule has 1 aliphatic rings. The van der Waals surface area contributed by atoms with Gasteiger partial charge in [-0.15, -0.1) is 0 Å². The van der Waals surface area contributed by atoms with Gasteiger partial charge in [-0.1, -0.05) is 49.5 Å². The summed E-state index contributed by atoms with van der Waals surface area (Å²) in [5.74, 6) is 2.15. The highest BCUT2D eigenvalue weighted by Gasteiger charge is 2.29. The molecule has 18 heavy (non-hydrogen) atoms. The van der Waals surface area contributed by atoms with Crippen LogP contribution in [0, 0.1) is 17.8 Å². The van der Waals surface area contributed by atoms with Crippen molar-refractivity contribution >= 4 is 23.2 Å². The molecular weight excluding hydrogens is 265 g/mol. The molecule has 100 valence electrons. The molecule has 2 rings (SSSR count). The molecule has 0 aliphatic heterocycles. The molecule has 1 aromatic rings. The highest BCUT2D eigenvalue weighted by atomic mass is 35.5. The molecule has 0 radical (unpaired) electrons. The molecule has 3 heteroatoms. The lowest BCUT2D eigenvalue weighted by Crippen LogP contribution is -2.29. The first-order valence-electron chi connectivity index (χ1n) is 6.69. The Morgan fingerprint density at radius 2 is 1.83 bits per heavy atom. The number of benzene rings is 1. The fraction of sp³-hybridized carbons (Fsp3) is 0.600. The zero-order valence-electron chi connectivity index (χ0n) is 11.0. The predicted octanol–water partition coefficient (Wildman–Crippen LogP) is 5.07. The average Bonchev–Trinajstić information content (AvgIpc) is 2.35. The van der Waals surface area contributed by atoms with E-state index >= 15 is 0 Å².